The lowest BCUT2D eigenvalue weighted by Crippen LogP contribution is -2.33. The van der Waals surface area contributed by atoms with E-state index in [0.29, 0.717) is 54.2 Å². The largest absolute Gasteiger partial charge is 0.494 e. The number of para-hydroxylation sites is 1. The quantitative estimate of drug-likeness (QED) is 0.102. The highest BCUT2D eigenvalue weighted by Gasteiger charge is 2.34. The molecule has 0 radical (unpaired) electrons. The first kappa shape index (κ1) is 30.5. The Morgan fingerprint density at radius 2 is 1.57 bits per heavy atom. The van der Waals surface area contributed by atoms with Crippen molar-refractivity contribution in [2.24, 2.45) is 5.92 Å². The molecule has 1 aliphatic rings. The number of anilines is 2. The number of carbonyl (C=O) groups excluding carboxylic acids is 3. The van der Waals surface area contributed by atoms with Crippen molar-refractivity contribution in [2.45, 2.75) is 31.7 Å². The van der Waals surface area contributed by atoms with Crippen molar-refractivity contribution < 1.29 is 28.2 Å². The molecule has 1 unspecified atom stereocenters. The van der Waals surface area contributed by atoms with E-state index in [1.165, 1.54) is 19.2 Å². The number of nitrogens with zero attached hydrogens (tertiary/aromatic N) is 1. The summed E-state index contributed by atoms with van der Waals surface area (Å²) < 4.78 is 24.4. The number of rotatable bonds is 14. The average Bonchev–Trinajstić information content (AvgIpc) is 3.91. The summed E-state index contributed by atoms with van der Waals surface area (Å²) in [5, 5.41) is 3.22. The summed E-state index contributed by atoms with van der Waals surface area (Å²) in [6.45, 7) is 0.868. The van der Waals surface area contributed by atoms with Crippen LogP contribution in [0.5, 0.6) is 5.75 Å². The monoisotopic (exact) mass is 594 g/mol. The Bertz CT molecular complexity index is 1570. The second-order valence-corrected chi connectivity index (χ2v) is 10.8. The molecule has 7 nitrogen and oxygen atoms in total. The highest BCUT2D eigenvalue weighted by Crippen LogP contribution is 2.33. The molecule has 1 atom stereocenters. The molecule has 1 aliphatic carbocycles. The summed E-state index contributed by atoms with van der Waals surface area (Å²) in [5.74, 6) is -0.139. The Morgan fingerprint density at radius 3 is 2.25 bits per heavy atom. The van der Waals surface area contributed by atoms with Crippen LogP contribution in [0, 0.1) is 11.7 Å². The van der Waals surface area contributed by atoms with E-state index in [2.05, 4.69) is 5.32 Å². The van der Waals surface area contributed by atoms with E-state index < -0.39 is 12.0 Å². The third-order valence-corrected chi connectivity index (χ3v) is 7.51. The molecule has 8 heteroatoms. The standard InChI is InChI=1S/C36H35FN2O5/c1-43-36(42)33(38-32-11-6-5-10-31(32)34(40)26-8-3-2-4-9-26)24-25-12-20-30(21-13-25)44-23-7-22-39(35(41)27-14-15-27)29-18-16-28(37)17-19-29/h2-6,8-13,16-21,27,33,38H,7,14-15,22-24H2,1H3. The molecule has 44 heavy (non-hydrogen) atoms. The van der Waals surface area contributed by atoms with Gasteiger partial charge in [0, 0.05) is 41.4 Å². The third kappa shape index (κ3) is 7.89. The molecule has 0 aromatic heterocycles. The van der Waals surface area contributed by atoms with Crippen LogP contribution in [0.4, 0.5) is 15.8 Å². The highest BCUT2D eigenvalue weighted by molar-refractivity contribution is 6.12. The normalized spacial score (nSPS) is 13.0. The Labute approximate surface area is 256 Å². The summed E-state index contributed by atoms with van der Waals surface area (Å²) >= 11 is 0. The lowest BCUT2D eigenvalue weighted by Gasteiger charge is -2.23. The van der Waals surface area contributed by atoms with Gasteiger partial charge in [0.1, 0.15) is 17.6 Å². The van der Waals surface area contributed by atoms with E-state index in [-0.39, 0.29) is 23.4 Å². The van der Waals surface area contributed by atoms with Crippen molar-refractivity contribution in [1.82, 2.24) is 0 Å². The number of amides is 1. The first-order valence-corrected chi connectivity index (χ1v) is 14.7. The molecule has 4 aromatic rings. The lowest BCUT2D eigenvalue weighted by atomic mass is 10.00. The predicted molar refractivity (Wildman–Crippen MR) is 167 cm³/mol. The van der Waals surface area contributed by atoms with E-state index in [4.69, 9.17) is 9.47 Å². The topological polar surface area (TPSA) is 84.9 Å². The molecule has 0 saturated heterocycles. The van der Waals surface area contributed by atoms with Crippen LogP contribution in [-0.2, 0) is 20.7 Å². The number of hydrogen-bond acceptors (Lipinski definition) is 6. The van der Waals surface area contributed by atoms with Crippen molar-refractivity contribution in [2.75, 3.05) is 30.5 Å². The van der Waals surface area contributed by atoms with Crippen molar-refractivity contribution >= 4 is 29.0 Å². The van der Waals surface area contributed by atoms with Crippen LogP contribution >= 0.6 is 0 Å². The van der Waals surface area contributed by atoms with Crippen LogP contribution in [0.1, 0.15) is 40.7 Å². The molecule has 1 fully saturated rings. The van der Waals surface area contributed by atoms with Crippen molar-refractivity contribution in [3.63, 3.8) is 0 Å². The molecule has 1 amide bonds. The zero-order chi connectivity index (χ0) is 30.9. The molecule has 1 saturated carbocycles. The van der Waals surface area contributed by atoms with Crippen LogP contribution in [0.2, 0.25) is 0 Å². The molecule has 1 N–H and O–H groups in total. The Kier molecular flexibility index (Phi) is 10.0. The molecule has 0 heterocycles. The summed E-state index contributed by atoms with van der Waals surface area (Å²) in [7, 11) is 1.34. The number of esters is 1. The van der Waals surface area contributed by atoms with Gasteiger partial charge in [0.25, 0.3) is 0 Å². The van der Waals surface area contributed by atoms with E-state index in [1.54, 1.807) is 47.4 Å². The average molecular weight is 595 g/mol. The molecular weight excluding hydrogens is 559 g/mol. The fourth-order valence-corrected chi connectivity index (χ4v) is 4.98. The number of carbonyl (C=O) groups is 3. The molecule has 226 valence electrons. The molecule has 5 rings (SSSR count). The summed E-state index contributed by atoms with van der Waals surface area (Å²) in [6, 6.07) is 28.8. The van der Waals surface area contributed by atoms with Crippen LogP contribution < -0.4 is 15.0 Å². The summed E-state index contributed by atoms with van der Waals surface area (Å²) in [6.07, 6.45) is 2.72. The Balaban J connectivity index is 1.18. The maximum Gasteiger partial charge on any atom is 0.328 e. The van der Waals surface area contributed by atoms with Crippen LogP contribution in [0.15, 0.2) is 103 Å². The molecule has 0 spiro atoms. The first-order chi connectivity index (χ1) is 21.4. The molecule has 0 bridgehead atoms. The summed E-state index contributed by atoms with van der Waals surface area (Å²) in [4.78, 5) is 40.5. The number of nitrogens with one attached hydrogen (secondary N) is 1. The van der Waals surface area contributed by atoms with Gasteiger partial charge in [-0.1, -0.05) is 54.6 Å². The van der Waals surface area contributed by atoms with Crippen molar-refractivity contribution in [3.05, 3.63) is 126 Å². The van der Waals surface area contributed by atoms with Gasteiger partial charge in [-0.25, -0.2) is 9.18 Å². The van der Waals surface area contributed by atoms with E-state index in [1.807, 2.05) is 48.5 Å². The van der Waals surface area contributed by atoms with Crippen LogP contribution in [0.25, 0.3) is 0 Å². The zero-order valence-corrected chi connectivity index (χ0v) is 24.6. The molecule has 4 aromatic carbocycles. The minimum absolute atomic E-state index is 0.0506. The van der Waals surface area contributed by atoms with Gasteiger partial charge < -0.3 is 19.7 Å². The van der Waals surface area contributed by atoms with Crippen molar-refractivity contribution in [3.8, 4) is 5.75 Å². The number of methoxy groups -OCH3 is 1. The number of halogens is 1. The zero-order valence-electron chi connectivity index (χ0n) is 24.6. The Morgan fingerprint density at radius 1 is 0.886 bits per heavy atom. The SMILES string of the molecule is COC(=O)C(Cc1ccc(OCCCN(C(=O)C2CC2)c2ccc(F)cc2)cc1)Nc1ccccc1C(=O)c1ccccc1. The van der Waals surface area contributed by atoms with Gasteiger partial charge in [-0.2, -0.15) is 0 Å². The van der Waals surface area contributed by atoms with E-state index in [0.717, 1.165) is 18.4 Å². The number of hydrogen-bond donors (Lipinski definition) is 1. The second-order valence-electron chi connectivity index (χ2n) is 10.8. The van der Waals surface area contributed by atoms with E-state index >= 15 is 0 Å². The first-order valence-electron chi connectivity index (χ1n) is 14.7. The second kappa shape index (κ2) is 14.5. The van der Waals surface area contributed by atoms with Gasteiger partial charge in [0.05, 0.1) is 13.7 Å². The maximum atomic E-state index is 13.4. The van der Waals surface area contributed by atoms with Gasteiger partial charge in [0.15, 0.2) is 5.78 Å². The van der Waals surface area contributed by atoms with Gasteiger partial charge in [-0.15, -0.1) is 0 Å². The third-order valence-electron chi connectivity index (χ3n) is 7.51. The summed E-state index contributed by atoms with van der Waals surface area (Å²) in [5.41, 5.74) is 3.14. The molecular formula is C36H35FN2O5. The molecule has 0 aliphatic heterocycles. The van der Waals surface area contributed by atoms with Gasteiger partial charge in [-0.3, -0.25) is 9.59 Å². The number of ether oxygens (including phenoxy) is 2. The minimum atomic E-state index is -0.724. The van der Waals surface area contributed by atoms with Crippen LogP contribution in [0.3, 0.4) is 0 Å². The van der Waals surface area contributed by atoms with E-state index in [9.17, 15) is 18.8 Å². The van der Waals surface area contributed by atoms with Gasteiger partial charge in [-0.05, 0) is 73.4 Å². The van der Waals surface area contributed by atoms with Gasteiger partial charge >= 0.3 is 5.97 Å². The predicted octanol–water partition coefficient (Wildman–Crippen LogP) is 6.47. The fraction of sp³-hybridized carbons (Fsp3) is 0.250. The minimum Gasteiger partial charge on any atom is -0.494 e. The van der Waals surface area contributed by atoms with Crippen LogP contribution in [-0.4, -0.2) is 44.0 Å². The highest BCUT2D eigenvalue weighted by atomic mass is 19.1. The van der Waals surface area contributed by atoms with Crippen molar-refractivity contribution in [1.29, 1.82) is 0 Å². The number of benzene rings is 4. The lowest BCUT2D eigenvalue weighted by molar-refractivity contribution is -0.141. The fourth-order valence-electron chi connectivity index (χ4n) is 4.98. The number of ketones is 1. The maximum absolute atomic E-state index is 13.4. The Hall–Kier alpha value is -4.98. The smallest absolute Gasteiger partial charge is 0.328 e. The van der Waals surface area contributed by atoms with Gasteiger partial charge in [0.2, 0.25) is 5.91 Å².